The largest absolute Gasteiger partial charge is 0.389 e. The molecule has 96 valence electrons. The van der Waals surface area contributed by atoms with E-state index < -0.39 is 12.6 Å². The number of benzene rings is 1. The van der Waals surface area contributed by atoms with Crippen LogP contribution in [-0.4, -0.2) is 13.2 Å². The molecule has 0 heterocycles. The van der Waals surface area contributed by atoms with E-state index in [-0.39, 0.29) is 12.5 Å². The molecule has 0 aromatic heterocycles. The van der Waals surface area contributed by atoms with E-state index in [1.165, 1.54) is 0 Å². The maximum absolute atomic E-state index is 12.2. The first-order valence-corrected chi connectivity index (χ1v) is 5.79. The summed E-state index contributed by atoms with van der Waals surface area (Å²) in [5.74, 6) is 0. The third-order valence-electron chi connectivity index (χ3n) is 2.88. The van der Waals surface area contributed by atoms with Gasteiger partial charge < -0.3 is 5.32 Å². The molecule has 0 radical (unpaired) electrons. The van der Waals surface area contributed by atoms with Crippen LogP contribution in [0.4, 0.5) is 13.2 Å². The molecule has 0 saturated heterocycles. The number of alkyl halides is 3. The lowest BCUT2D eigenvalue weighted by Gasteiger charge is -2.20. The lowest BCUT2D eigenvalue weighted by molar-refractivity contribution is -0.136. The quantitative estimate of drug-likeness (QED) is 0.830. The highest BCUT2D eigenvalue weighted by Gasteiger charge is 2.28. The molecule has 0 aliphatic heterocycles. The van der Waals surface area contributed by atoms with E-state index in [1.807, 2.05) is 31.2 Å². The zero-order chi connectivity index (χ0) is 12.9. The summed E-state index contributed by atoms with van der Waals surface area (Å²) < 4.78 is 36.7. The van der Waals surface area contributed by atoms with Gasteiger partial charge in [-0.15, -0.1) is 0 Å². The lowest BCUT2D eigenvalue weighted by Crippen LogP contribution is -2.20. The van der Waals surface area contributed by atoms with Crippen LogP contribution in [0, 0.1) is 0 Å². The van der Waals surface area contributed by atoms with Crippen molar-refractivity contribution in [3.05, 3.63) is 35.4 Å². The minimum absolute atomic E-state index is 0.0804. The van der Waals surface area contributed by atoms with Crippen LogP contribution in [0.25, 0.3) is 0 Å². The van der Waals surface area contributed by atoms with E-state index in [4.69, 9.17) is 0 Å². The first-order chi connectivity index (χ1) is 7.98. The van der Waals surface area contributed by atoms with Crippen LogP contribution in [-0.2, 0) is 6.42 Å². The average molecular weight is 245 g/mol. The van der Waals surface area contributed by atoms with Crippen molar-refractivity contribution in [3.63, 3.8) is 0 Å². The van der Waals surface area contributed by atoms with Crippen LogP contribution in [0.15, 0.2) is 24.3 Å². The van der Waals surface area contributed by atoms with Gasteiger partial charge in [0.1, 0.15) is 0 Å². The molecule has 0 bridgehead atoms. The molecule has 0 aliphatic rings. The van der Waals surface area contributed by atoms with Gasteiger partial charge >= 0.3 is 6.18 Å². The van der Waals surface area contributed by atoms with Crippen LogP contribution in [0.5, 0.6) is 0 Å². The third-order valence-corrected chi connectivity index (χ3v) is 2.88. The summed E-state index contributed by atoms with van der Waals surface area (Å²) in [6.07, 6.45) is -3.93. The highest BCUT2D eigenvalue weighted by atomic mass is 19.4. The van der Waals surface area contributed by atoms with Crippen molar-refractivity contribution in [3.8, 4) is 0 Å². The molecule has 17 heavy (non-hydrogen) atoms. The zero-order valence-electron chi connectivity index (χ0n) is 10.1. The van der Waals surface area contributed by atoms with E-state index in [0.29, 0.717) is 0 Å². The van der Waals surface area contributed by atoms with Gasteiger partial charge in [-0.2, -0.15) is 13.2 Å². The Morgan fingerprint density at radius 1 is 1.24 bits per heavy atom. The maximum atomic E-state index is 12.2. The lowest BCUT2D eigenvalue weighted by atomic mass is 9.95. The topological polar surface area (TPSA) is 12.0 Å². The molecule has 0 spiro atoms. The maximum Gasteiger partial charge on any atom is 0.389 e. The summed E-state index contributed by atoms with van der Waals surface area (Å²) in [7, 11) is 1.70. The number of rotatable bonds is 5. The summed E-state index contributed by atoms with van der Waals surface area (Å²) >= 11 is 0. The van der Waals surface area contributed by atoms with Gasteiger partial charge in [0.2, 0.25) is 0 Å². The smallest absolute Gasteiger partial charge is 0.313 e. The minimum Gasteiger partial charge on any atom is -0.313 e. The molecule has 1 N–H and O–H groups in total. The van der Waals surface area contributed by atoms with Gasteiger partial charge in [0, 0.05) is 12.5 Å². The van der Waals surface area contributed by atoms with Gasteiger partial charge in [-0.25, -0.2) is 0 Å². The Morgan fingerprint density at radius 2 is 1.88 bits per heavy atom. The standard InChI is InChI=1S/C13H18F3N/c1-3-10-6-4-5-7-11(10)12(17-2)8-9-13(14,15)16/h4-7,12,17H,3,8-9H2,1-2H3. The van der Waals surface area contributed by atoms with Crippen LogP contribution in [0.2, 0.25) is 0 Å². The predicted molar refractivity (Wildman–Crippen MR) is 62.9 cm³/mol. The summed E-state index contributed by atoms with van der Waals surface area (Å²) in [6.45, 7) is 2.01. The van der Waals surface area contributed by atoms with Crippen molar-refractivity contribution in [1.29, 1.82) is 0 Å². The van der Waals surface area contributed by atoms with Crippen LogP contribution in [0.1, 0.15) is 36.9 Å². The molecule has 1 atom stereocenters. The fourth-order valence-electron chi connectivity index (χ4n) is 1.96. The van der Waals surface area contributed by atoms with Crippen molar-refractivity contribution < 1.29 is 13.2 Å². The van der Waals surface area contributed by atoms with E-state index in [9.17, 15) is 13.2 Å². The van der Waals surface area contributed by atoms with Gasteiger partial charge in [0.25, 0.3) is 0 Å². The minimum atomic E-state index is -4.09. The first kappa shape index (κ1) is 14.0. The fraction of sp³-hybridized carbons (Fsp3) is 0.538. The van der Waals surface area contributed by atoms with Crippen molar-refractivity contribution in [2.45, 2.75) is 38.4 Å². The second kappa shape index (κ2) is 6.05. The molecule has 0 saturated carbocycles. The van der Waals surface area contributed by atoms with Gasteiger partial charge in [0.05, 0.1) is 0 Å². The SMILES string of the molecule is CCc1ccccc1C(CCC(F)(F)F)NC. The molecule has 1 aromatic carbocycles. The molecule has 1 aromatic rings. The number of hydrogen-bond acceptors (Lipinski definition) is 1. The average Bonchev–Trinajstić information content (AvgIpc) is 2.29. The van der Waals surface area contributed by atoms with Gasteiger partial charge in [-0.05, 0) is 31.0 Å². The highest BCUT2D eigenvalue weighted by molar-refractivity contribution is 5.30. The summed E-state index contributed by atoms with van der Waals surface area (Å²) in [5, 5.41) is 2.97. The van der Waals surface area contributed by atoms with Crippen molar-refractivity contribution in [2.24, 2.45) is 0 Å². The highest BCUT2D eigenvalue weighted by Crippen LogP contribution is 2.28. The molecule has 1 rings (SSSR count). The van der Waals surface area contributed by atoms with E-state index in [0.717, 1.165) is 17.5 Å². The Balaban J connectivity index is 2.79. The number of aryl methyl sites for hydroxylation is 1. The molecule has 1 unspecified atom stereocenters. The summed E-state index contributed by atoms with van der Waals surface area (Å²) in [5.41, 5.74) is 2.08. The fourth-order valence-corrected chi connectivity index (χ4v) is 1.96. The Labute approximate surface area is 100 Å². The number of nitrogens with one attached hydrogen (secondary N) is 1. The third kappa shape index (κ3) is 4.38. The van der Waals surface area contributed by atoms with Crippen molar-refractivity contribution >= 4 is 0 Å². The monoisotopic (exact) mass is 245 g/mol. The zero-order valence-corrected chi connectivity index (χ0v) is 10.1. The second-order valence-corrected chi connectivity index (χ2v) is 4.05. The van der Waals surface area contributed by atoms with Crippen molar-refractivity contribution in [1.82, 2.24) is 5.32 Å². The molecule has 0 fully saturated rings. The Bertz CT molecular complexity index is 347. The van der Waals surface area contributed by atoms with E-state index >= 15 is 0 Å². The molecule has 4 heteroatoms. The Kier molecular flexibility index (Phi) is 5.00. The molecule has 0 aliphatic carbocycles. The number of hydrogen-bond donors (Lipinski definition) is 1. The van der Waals surface area contributed by atoms with Crippen LogP contribution in [0.3, 0.4) is 0 Å². The first-order valence-electron chi connectivity index (χ1n) is 5.79. The van der Waals surface area contributed by atoms with E-state index in [2.05, 4.69) is 5.32 Å². The predicted octanol–water partition coefficient (Wildman–Crippen LogP) is 3.85. The second-order valence-electron chi connectivity index (χ2n) is 4.05. The molecule has 1 nitrogen and oxygen atoms in total. The van der Waals surface area contributed by atoms with Crippen LogP contribution >= 0.6 is 0 Å². The van der Waals surface area contributed by atoms with Gasteiger partial charge in [-0.3, -0.25) is 0 Å². The normalized spacial score (nSPS) is 13.7. The Hall–Kier alpha value is -1.03. The molecular weight excluding hydrogens is 227 g/mol. The Morgan fingerprint density at radius 3 is 2.41 bits per heavy atom. The van der Waals surface area contributed by atoms with Crippen molar-refractivity contribution in [2.75, 3.05) is 7.05 Å². The summed E-state index contributed by atoms with van der Waals surface area (Å²) in [6, 6.07) is 7.42. The summed E-state index contributed by atoms with van der Waals surface area (Å²) in [4.78, 5) is 0. The molecular formula is C13H18F3N. The number of halogens is 3. The van der Waals surface area contributed by atoms with E-state index in [1.54, 1.807) is 7.05 Å². The van der Waals surface area contributed by atoms with Crippen LogP contribution < -0.4 is 5.32 Å². The molecule has 0 amide bonds. The van der Waals surface area contributed by atoms with Gasteiger partial charge in [-0.1, -0.05) is 31.2 Å². The van der Waals surface area contributed by atoms with Gasteiger partial charge in [0.15, 0.2) is 0 Å².